The first-order valence-electron chi connectivity index (χ1n) is 3.91. The standard InChI is InChI=1S/C8H8N6/c1-2-3-14-4-11-7-5(14)6(9)12-8(10)13-7/h4H,1H3,(H4,9,10,12,13). The third-order valence-corrected chi connectivity index (χ3v) is 1.68. The molecule has 0 saturated heterocycles. The van der Waals surface area contributed by atoms with E-state index in [1.54, 1.807) is 11.5 Å². The van der Waals surface area contributed by atoms with Gasteiger partial charge in [0, 0.05) is 6.04 Å². The zero-order valence-corrected chi connectivity index (χ0v) is 7.52. The smallest absolute Gasteiger partial charge is 0.224 e. The van der Waals surface area contributed by atoms with Crippen LogP contribution in [0.25, 0.3) is 11.2 Å². The van der Waals surface area contributed by atoms with Gasteiger partial charge in [0.15, 0.2) is 11.5 Å². The van der Waals surface area contributed by atoms with Gasteiger partial charge in [-0.15, -0.1) is 0 Å². The third-order valence-electron chi connectivity index (χ3n) is 1.68. The highest BCUT2D eigenvalue weighted by molar-refractivity contribution is 5.83. The number of hydrogen-bond acceptors (Lipinski definition) is 5. The third kappa shape index (κ3) is 1.11. The lowest BCUT2D eigenvalue weighted by molar-refractivity contribution is 1.14. The van der Waals surface area contributed by atoms with Crippen molar-refractivity contribution in [3.63, 3.8) is 0 Å². The molecule has 0 spiro atoms. The predicted octanol–water partition coefficient (Wildman–Crippen LogP) is -0.180. The van der Waals surface area contributed by atoms with Crippen molar-refractivity contribution in [2.24, 2.45) is 0 Å². The van der Waals surface area contributed by atoms with Crippen LogP contribution in [0.2, 0.25) is 0 Å². The number of nitrogen functional groups attached to an aromatic ring is 2. The molecule has 0 bridgehead atoms. The van der Waals surface area contributed by atoms with Crippen LogP contribution in [0.5, 0.6) is 0 Å². The van der Waals surface area contributed by atoms with Crippen molar-refractivity contribution >= 4 is 22.9 Å². The summed E-state index contributed by atoms with van der Waals surface area (Å²) in [7, 11) is 0. The van der Waals surface area contributed by atoms with E-state index in [1.807, 2.05) is 0 Å². The van der Waals surface area contributed by atoms with E-state index in [0.717, 1.165) is 0 Å². The van der Waals surface area contributed by atoms with Gasteiger partial charge in [-0.05, 0) is 6.92 Å². The molecule has 0 aliphatic rings. The molecule has 6 nitrogen and oxygen atoms in total. The number of anilines is 2. The Bertz CT molecular complexity index is 544. The molecule has 0 radical (unpaired) electrons. The van der Waals surface area contributed by atoms with Crippen LogP contribution in [-0.4, -0.2) is 19.5 Å². The van der Waals surface area contributed by atoms with Crippen LogP contribution in [0.3, 0.4) is 0 Å². The number of hydrogen-bond donors (Lipinski definition) is 2. The van der Waals surface area contributed by atoms with Crippen molar-refractivity contribution in [1.29, 1.82) is 0 Å². The van der Waals surface area contributed by atoms with Crippen molar-refractivity contribution in [1.82, 2.24) is 19.5 Å². The number of rotatable bonds is 0. The van der Waals surface area contributed by atoms with Gasteiger partial charge in [-0.1, -0.05) is 5.92 Å². The largest absolute Gasteiger partial charge is 0.382 e. The molecule has 0 saturated carbocycles. The maximum absolute atomic E-state index is 5.67. The molecule has 70 valence electrons. The summed E-state index contributed by atoms with van der Waals surface area (Å²) in [6, 6.07) is 2.79. The second kappa shape index (κ2) is 2.88. The Kier molecular flexibility index (Phi) is 1.71. The van der Waals surface area contributed by atoms with Gasteiger partial charge in [0.2, 0.25) is 5.95 Å². The van der Waals surface area contributed by atoms with Crippen LogP contribution >= 0.6 is 0 Å². The summed E-state index contributed by atoms with van der Waals surface area (Å²) in [6.07, 6.45) is 1.53. The fraction of sp³-hybridized carbons (Fsp3) is 0.125. The van der Waals surface area contributed by atoms with Gasteiger partial charge < -0.3 is 11.5 Å². The Labute approximate surface area is 80.0 Å². The van der Waals surface area contributed by atoms with Gasteiger partial charge in [0.25, 0.3) is 0 Å². The Morgan fingerprint density at radius 1 is 1.36 bits per heavy atom. The topological polar surface area (TPSA) is 95.6 Å². The van der Waals surface area contributed by atoms with E-state index in [4.69, 9.17) is 11.5 Å². The molecule has 0 amide bonds. The lowest BCUT2D eigenvalue weighted by atomic mass is 10.5. The molecule has 0 fully saturated rings. The fourth-order valence-electron chi connectivity index (χ4n) is 1.17. The summed E-state index contributed by atoms with van der Waals surface area (Å²) in [5.74, 6) is 3.14. The van der Waals surface area contributed by atoms with Gasteiger partial charge in [-0.25, -0.2) is 4.98 Å². The first kappa shape index (κ1) is 8.31. The number of imidazole rings is 1. The second-order valence-electron chi connectivity index (χ2n) is 2.62. The van der Waals surface area contributed by atoms with E-state index in [0.29, 0.717) is 11.2 Å². The summed E-state index contributed by atoms with van der Waals surface area (Å²) in [5, 5.41) is 0. The zero-order chi connectivity index (χ0) is 10.1. The molecule has 2 aromatic heterocycles. The monoisotopic (exact) mass is 188 g/mol. The van der Waals surface area contributed by atoms with Crippen LogP contribution < -0.4 is 11.5 Å². The number of fused-ring (bicyclic) bond motifs is 1. The highest BCUT2D eigenvalue weighted by Crippen LogP contribution is 2.16. The Balaban J connectivity index is 2.83. The molecule has 0 unspecified atom stereocenters. The van der Waals surface area contributed by atoms with E-state index >= 15 is 0 Å². The summed E-state index contributed by atoms with van der Waals surface area (Å²) < 4.78 is 1.57. The summed E-state index contributed by atoms with van der Waals surface area (Å²) >= 11 is 0. The number of aromatic nitrogens is 4. The molecule has 2 aromatic rings. The van der Waals surface area contributed by atoms with E-state index in [1.165, 1.54) is 6.33 Å². The summed E-state index contributed by atoms with van der Waals surface area (Å²) in [6.45, 7) is 1.72. The average molecular weight is 188 g/mol. The first-order chi connectivity index (χ1) is 6.72. The van der Waals surface area contributed by atoms with Crippen LogP contribution in [0.1, 0.15) is 6.92 Å². The van der Waals surface area contributed by atoms with Crippen molar-refractivity contribution in [2.75, 3.05) is 11.5 Å². The van der Waals surface area contributed by atoms with E-state index in [2.05, 4.69) is 26.9 Å². The summed E-state index contributed by atoms with van der Waals surface area (Å²) in [4.78, 5) is 11.8. The predicted molar refractivity (Wildman–Crippen MR) is 53.0 cm³/mol. The fourth-order valence-corrected chi connectivity index (χ4v) is 1.17. The minimum atomic E-state index is 0.115. The van der Waals surface area contributed by atoms with Gasteiger partial charge in [-0.2, -0.15) is 9.97 Å². The number of nitrogens with two attached hydrogens (primary N) is 2. The molecule has 0 aliphatic carbocycles. The molecule has 4 N–H and O–H groups in total. The molecular weight excluding hydrogens is 180 g/mol. The van der Waals surface area contributed by atoms with Gasteiger partial charge in [0.05, 0.1) is 0 Å². The van der Waals surface area contributed by atoms with E-state index in [9.17, 15) is 0 Å². The SMILES string of the molecule is CC#Cn1cnc2nc(N)nc(N)c21. The van der Waals surface area contributed by atoms with Gasteiger partial charge in [-0.3, -0.25) is 4.57 Å². The van der Waals surface area contributed by atoms with Crippen molar-refractivity contribution in [2.45, 2.75) is 6.92 Å². The molecule has 0 atom stereocenters. The van der Waals surface area contributed by atoms with E-state index < -0.39 is 0 Å². The average Bonchev–Trinajstić information content (AvgIpc) is 2.49. The molecular formula is C8H8N6. The van der Waals surface area contributed by atoms with Crippen LogP contribution in [0.15, 0.2) is 6.33 Å². The van der Waals surface area contributed by atoms with Crippen molar-refractivity contribution in [3.8, 4) is 12.0 Å². The highest BCUT2D eigenvalue weighted by Gasteiger charge is 2.08. The van der Waals surface area contributed by atoms with E-state index in [-0.39, 0.29) is 11.8 Å². The quantitative estimate of drug-likeness (QED) is 0.559. The van der Waals surface area contributed by atoms with Crippen LogP contribution in [0, 0.1) is 12.0 Å². The summed E-state index contributed by atoms with van der Waals surface area (Å²) in [5.41, 5.74) is 12.1. The second-order valence-corrected chi connectivity index (χ2v) is 2.62. The van der Waals surface area contributed by atoms with Crippen LogP contribution in [0.4, 0.5) is 11.8 Å². The van der Waals surface area contributed by atoms with Crippen molar-refractivity contribution in [3.05, 3.63) is 6.33 Å². The first-order valence-corrected chi connectivity index (χ1v) is 3.91. The minimum Gasteiger partial charge on any atom is -0.382 e. The van der Waals surface area contributed by atoms with Crippen LogP contribution in [-0.2, 0) is 0 Å². The van der Waals surface area contributed by atoms with Crippen molar-refractivity contribution < 1.29 is 0 Å². The van der Waals surface area contributed by atoms with Gasteiger partial charge >= 0.3 is 0 Å². The molecule has 0 aromatic carbocycles. The number of nitrogens with zero attached hydrogens (tertiary/aromatic N) is 4. The Morgan fingerprint density at radius 3 is 2.86 bits per heavy atom. The Hall–Kier alpha value is -2.29. The molecule has 0 aliphatic heterocycles. The maximum Gasteiger partial charge on any atom is 0.224 e. The molecule has 2 heterocycles. The normalized spacial score (nSPS) is 9.79. The molecule has 2 rings (SSSR count). The highest BCUT2D eigenvalue weighted by atomic mass is 15.1. The van der Waals surface area contributed by atoms with Gasteiger partial charge in [0.1, 0.15) is 11.8 Å². The Morgan fingerprint density at radius 2 is 2.14 bits per heavy atom. The minimum absolute atomic E-state index is 0.115. The lowest BCUT2D eigenvalue weighted by Gasteiger charge is -1.97. The zero-order valence-electron chi connectivity index (χ0n) is 7.52. The molecule has 6 heteroatoms. The molecule has 14 heavy (non-hydrogen) atoms. The maximum atomic E-state index is 5.67. The lowest BCUT2D eigenvalue weighted by Crippen LogP contribution is -2.01.